The molecular formula is C13H23N3S. The van der Waals surface area contributed by atoms with Gasteiger partial charge in [-0.3, -0.25) is 0 Å². The van der Waals surface area contributed by atoms with Crippen LogP contribution in [0.4, 0.5) is 5.13 Å². The van der Waals surface area contributed by atoms with E-state index in [2.05, 4.69) is 31.1 Å². The quantitative estimate of drug-likeness (QED) is 0.874. The molecule has 1 unspecified atom stereocenters. The van der Waals surface area contributed by atoms with Crippen molar-refractivity contribution in [2.45, 2.75) is 45.6 Å². The zero-order valence-corrected chi connectivity index (χ0v) is 11.9. The summed E-state index contributed by atoms with van der Waals surface area (Å²) < 4.78 is 0. The number of nitrogens with one attached hydrogen (secondary N) is 1. The lowest BCUT2D eigenvalue weighted by Crippen LogP contribution is -2.25. The van der Waals surface area contributed by atoms with E-state index < -0.39 is 0 Å². The third-order valence-electron chi connectivity index (χ3n) is 3.38. The van der Waals surface area contributed by atoms with Crippen molar-refractivity contribution in [2.24, 2.45) is 0 Å². The minimum atomic E-state index is 0.494. The van der Waals surface area contributed by atoms with Crippen molar-refractivity contribution in [3.8, 4) is 0 Å². The molecule has 0 radical (unpaired) electrons. The van der Waals surface area contributed by atoms with Gasteiger partial charge in [-0.05, 0) is 39.2 Å². The zero-order valence-electron chi connectivity index (χ0n) is 11.1. The minimum Gasteiger partial charge on any atom is -0.351 e. The van der Waals surface area contributed by atoms with E-state index in [0.29, 0.717) is 6.04 Å². The molecule has 1 aliphatic carbocycles. The molecule has 4 heteroatoms. The van der Waals surface area contributed by atoms with Crippen molar-refractivity contribution < 1.29 is 0 Å². The maximum Gasteiger partial charge on any atom is 0.185 e. The standard InChI is InChI=1S/C13H23N3S/c1-4-9-14-10-7-6-8-11-12(10)15-13(17-11)16(3)5-2/h10,14H,4-9H2,1-3H3. The first-order chi connectivity index (χ1) is 8.26. The molecular weight excluding hydrogens is 230 g/mol. The van der Waals surface area contributed by atoms with Crippen LogP contribution in [0.2, 0.25) is 0 Å². The molecule has 0 aromatic carbocycles. The number of thiazole rings is 1. The zero-order chi connectivity index (χ0) is 12.3. The van der Waals surface area contributed by atoms with Crippen LogP contribution in [0, 0.1) is 0 Å². The Labute approximate surface area is 108 Å². The maximum atomic E-state index is 4.84. The normalized spacial score (nSPS) is 19.1. The van der Waals surface area contributed by atoms with E-state index in [-0.39, 0.29) is 0 Å². The number of hydrogen-bond donors (Lipinski definition) is 1. The van der Waals surface area contributed by atoms with Crippen LogP contribution >= 0.6 is 11.3 Å². The number of aromatic nitrogens is 1. The smallest absolute Gasteiger partial charge is 0.185 e. The molecule has 1 heterocycles. The SMILES string of the molecule is CCCNC1CCCc2sc(N(C)CC)nc21. The Morgan fingerprint density at radius 3 is 3.00 bits per heavy atom. The van der Waals surface area contributed by atoms with Gasteiger partial charge in [0.15, 0.2) is 5.13 Å². The summed E-state index contributed by atoms with van der Waals surface area (Å²) in [6.07, 6.45) is 4.95. The van der Waals surface area contributed by atoms with Crippen LogP contribution in [0.5, 0.6) is 0 Å². The lowest BCUT2D eigenvalue weighted by atomic mass is 9.97. The lowest BCUT2D eigenvalue weighted by molar-refractivity contribution is 0.454. The van der Waals surface area contributed by atoms with Crippen LogP contribution in [0.1, 0.15) is 49.7 Å². The molecule has 1 aromatic heterocycles. The van der Waals surface area contributed by atoms with Gasteiger partial charge in [-0.25, -0.2) is 4.98 Å². The van der Waals surface area contributed by atoms with Gasteiger partial charge in [0.05, 0.1) is 11.7 Å². The summed E-state index contributed by atoms with van der Waals surface area (Å²) in [5.41, 5.74) is 1.32. The largest absolute Gasteiger partial charge is 0.351 e. The van der Waals surface area contributed by atoms with Crippen molar-refractivity contribution in [1.82, 2.24) is 10.3 Å². The van der Waals surface area contributed by atoms with E-state index in [1.165, 1.54) is 41.4 Å². The molecule has 1 aliphatic rings. The van der Waals surface area contributed by atoms with Gasteiger partial charge in [0.2, 0.25) is 0 Å². The van der Waals surface area contributed by atoms with E-state index in [0.717, 1.165) is 13.1 Å². The van der Waals surface area contributed by atoms with Gasteiger partial charge in [0, 0.05) is 18.5 Å². The first-order valence-corrected chi connectivity index (χ1v) is 7.52. The number of rotatable bonds is 5. The molecule has 1 atom stereocenters. The monoisotopic (exact) mass is 253 g/mol. The van der Waals surface area contributed by atoms with E-state index in [9.17, 15) is 0 Å². The highest BCUT2D eigenvalue weighted by atomic mass is 32.1. The maximum absolute atomic E-state index is 4.84. The Kier molecular flexibility index (Phi) is 4.40. The molecule has 96 valence electrons. The molecule has 0 spiro atoms. The number of nitrogens with zero attached hydrogens (tertiary/aromatic N) is 2. The van der Waals surface area contributed by atoms with Crippen molar-refractivity contribution in [1.29, 1.82) is 0 Å². The molecule has 0 fully saturated rings. The van der Waals surface area contributed by atoms with Gasteiger partial charge in [0.1, 0.15) is 0 Å². The lowest BCUT2D eigenvalue weighted by Gasteiger charge is -2.22. The van der Waals surface area contributed by atoms with Gasteiger partial charge in [-0.2, -0.15) is 0 Å². The molecule has 1 N–H and O–H groups in total. The van der Waals surface area contributed by atoms with Crippen molar-refractivity contribution in [3.63, 3.8) is 0 Å². The Balaban J connectivity index is 2.16. The predicted octanol–water partition coefficient (Wildman–Crippen LogP) is 2.98. The summed E-state index contributed by atoms with van der Waals surface area (Å²) in [6.45, 7) is 6.52. The highest BCUT2D eigenvalue weighted by Crippen LogP contribution is 2.36. The molecule has 1 aromatic rings. The first kappa shape index (κ1) is 12.8. The summed E-state index contributed by atoms with van der Waals surface area (Å²) in [4.78, 5) is 8.57. The Morgan fingerprint density at radius 1 is 1.47 bits per heavy atom. The molecule has 2 rings (SSSR count). The average molecular weight is 253 g/mol. The third kappa shape index (κ3) is 2.80. The molecule has 0 saturated heterocycles. The predicted molar refractivity (Wildman–Crippen MR) is 75.0 cm³/mol. The highest BCUT2D eigenvalue weighted by molar-refractivity contribution is 7.15. The summed E-state index contributed by atoms with van der Waals surface area (Å²) in [6, 6.07) is 0.494. The van der Waals surface area contributed by atoms with Crippen LogP contribution in [0.15, 0.2) is 0 Å². The number of hydrogen-bond acceptors (Lipinski definition) is 4. The van der Waals surface area contributed by atoms with E-state index in [1.807, 2.05) is 11.3 Å². The van der Waals surface area contributed by atoms with Gasteiger partial charge in [-0.1, -0.05) is 6.92 Å². The molecule has 0 bridgehead atoms. The molecule has 3 nitrogen and oxygen atoms in total. The van der Waals surface area contributed by atoms with Crippen LogP contribution in [-0.2, 0) is 6.42 Å². The molecule has 0 saturated carbocycles. The molecule has 0 aliphatic heterocycles. The van der Waals surface area contributed by atoms with Crippen LogP contribution in [0.25, 0.3) is 0 Å². The van der Waals surface area contributed by atoms with Gasteiger partial charge in [-0.15, -0.1) is 11.3 Å². The minimum absolute atomic E-state index is 0.494. The van der Waals surface area contributed by atoms with E-state index in [4.69, 9.17) is 4.98 Å². The highest BCUT2D eigenvalue weighted by Gasteiger charge is 2.24. The second-order valence-electron chi connectivity index (χ2n) is 4.72. The van der Waals surface area contributed by atoms with Crippen molar-refractivity contribution >= 4 is 16.5 Å². The van der Waals surface area contributed by atoms with Gasteiger partial charge in [0.25, 0.3) is 0 Å². The molecule has 17 heavy (non-hydrogen) atoms. The Bertz CT molecular complexity index is 362. The Morgan fingerprint density at radius 2 is 2.29 bits per heavy atom. The Hall–Kier alpha value is -0.610. The number of fused-ring (bicyclic) bond motifs is 1. The second kappa shape index (κ2) is 5.83. The van der Waals surface area contributed by atoms with Crippen LogP contribution in [0.3, 0.4) is 0 Å². The average Bonchev–Trinajstić information content (AvgIpc) is 2.79. The van der Waals surface area contributed by atoms with Gasteiger partial charge < -0.3 is 10.2 Å². The fraction of sp³-hybridized carbons (Fsp3) is 0.769. The number of anilines is 1. The van der Waals surface area contributed by atoms with Gasteiger partial charge >= 0.3 is 0 Å². The van der Waals surface area contributed by atoms with Crippen LogP contribution in [-0.4, -0.2) is 25.1 Å². The van der Waals surface area contributed by atoms with Crippen molar-refractivity contribution in [2.75, 3.05) is 25.0 Å². The third-order valence-corrected chi connectivity index (χ3v) is 4.63. The van der Waals surface area contributed by atoms with Crippen LogP contribution < -0.4 is 10.2 Å². The number of aryl methyl sites for hydroxylation is 1. The fourth-order valence-corrected chi connectivity index (χ4v) is 3.41. The molecule has 0 amide bonds. The summed E-state index contributed by atoms with van der Waals surface area (Å²) in [5.74, 6) is 0. The van der Waals surface area contributed by atoms with Crippen molar-refractivity contribution in [3.05, 3.63) is 10.6 Å². The fourth-order valence-electron chi connectivity index (χ4n) is 2.22. The topological polar surface area (TPSA) is 28.2 Å². The summed E-state index contributed by atoms with van der Waals surface area (Å²) in [7, 11) is 2.12. The van der Waals surface area contributed by atoms with E-state index in [1.54, 1.807) is 0 Å². The van der Waals surface area contributed by atoms with E-state index >= 15 is 0 Å². The summed E-state index contributed by atoms with van der Waals surface area (Å²) >= 11 is 1.88. The summed E-state index contributed by atoms with van der Waals surface area (Å²) in [5, 5.41) is 4.81. The second-order valence-corrected chi connectivity index (χ2v) is 5.78. The first-order valence-electron chi connectivity index (χ1n) is 6.70.